The second-order valence-electron chi connectivity index (χ2n) is 6.97. The monoisotopic (exact) mass is 360 g/mol. The summed E-state index contributed by atoms with van der Waals surface area (Å²) in [6, 6.07) is 7.96. The third-order valence-corrected chi connectivity index (χ3v) is 5.82. The minimum atomic E-state index is -0.504. The molecular weight excluding hydrogens is 336 g/mol. The summed E-state index contributed by atoms with van der Waals surface area (Å²) in [7, 11) is 1.66. The lowest BCUT2D eigenvalue weighted by molar-refractivity contribution is -0.0444. The number of methoxy groups -OCH3 is 1. The lowest BCUT2D eigenvalue weighted by Gasteiger charge is -2.50. The molecule has 1 aromatic heterocycles. The van der Waals surface area contributed by atoms with Gasteiger partial charge in [-0.2, -0.15) is 0 Å². The summed E-state index contributed by atoms with van der Waals surface area (Å²) in [5, 5.41) is 12.1. The Bertz CT molecular complexity index is 766. The van der Waals surface area contributed by atoms with E-state index in [4.69, 9.17) is 4.74 Å². The van der Waals surface area contributed by atoms with Crippen LogP contribution in [0.4, 0.5) is 0 Å². The van der Waals surface area contributed by atoms with Gasteiger partial charge < -0.3 is 9.84 Å². The number of hydrogen-bond donors (Lipinski definition) is 1. The molecule has 5 atom stereocenters. The number of piperidine rings is 3. The number of aliphatic hydroxyl groups is 1. The molecule has 25 heavy (non-hydrogen) atoms. The Morgan fingerprint density at radius 2 is 2.24 bits per heavy atom. The Morgan fingerprint density at radius 1 is 1.40 bits per heavy atom. The number of hydrogen-bond acceptors (Lipinski definition) is 4. The standard InChI is InChI=1S/C20H24N2O2.ClH/c1-3-13-12-22-9-7-14(13)10-19(22)20(23)16-6-8-21-18-5-4-15(24-2)11-17(16)18;/h3-6,8,11,13-14,19-20,23H,1,7,9-10,12H2,2H3;1H/t13-,14?,19+,20+;/m1./s1. The summed E-state index contributed by atoms with van der Waals surface area (Å²) >= 11 is 0. The Morgan fingerprint density at radius 3 is 2.92 bits per heavy atom. The number of ether oxygens (including phenoxy) is 1. The van der Waals surface area contributed by atoms with Crippen molar-refractivity contribution < 1.29 is 9.84 Å². The molecule has 0 spiro atoms. The Kier molecular flexibility index (Phi) is 5.32. The number of rotatable bonds is 4. The molecule has 3 fully saturated rings. The van der Waals surface area contributed by atoms with Gasteiger partial charge in [-0.15, -0.1) is 19.0 Å². The van der Waals surface area contributed by atoms with E-state index in [0.29, 0.717) is 11.8 Å². The van der Waals surface area contributed by atoms with Crippen molar-refractivity contribution in [1.29, 1.82) is 0 Å². The maximum atomic E-state index is 11.2. The first-order valence-electron chi connectivity index (χ1n) is 8.68. The van der Waals surface area contributed by atoms with E-state index in [1.807, 2.05) is 24.3 Å². The van der Waals surface area contributed by atoms with E-state index >= 15 is 0 Å². The van der Waals surface area contributed by atoms with E-state index in [1.54, 1.807) is 13.3 Å². The average Bonchev–Trinajstić information content (AvgIpc) is 2.66. The van der Waals surface area contributed by atoms with Crippen molar-refractivity contribution in [3.8, 4) is 5.75 Å². The van der Waals surface area contributed by atoms with Crippen LogP contribution in [-0.2, 0) is 0 Å². The zero-order valence-corrected chi connectivity index (χ0v) is 15.3. The highest BCUT2D eigenvalue weighted by molar-refractivity contribution is 5.85. The van der Waals surface area contributed by atoms with Gasteiger partial charge in [-0.1, -0.05) is 6.08 Å². The third kappa shape index (κ3) is 3.14. The Balaban J connectivity index is 0.00000182. The molecule has 5 rings (SSSR count). The van der Waals surface area contributed by atoms with Gasteiger partial charge in [-0.05, 0) is 61.1 Å². The lowest BCUT2D eigenvalue weighted by Crippen LogP contribution is -2.54. The fourth-order valence-electron chi connectivity index (χ4n) is 4.44. The fourth-order valence-corrected chi connectivity index (χ4v) is 4.44. The van der Waals surface area contributed by atoms with Gasteiger partial charge in [0.05, 0.1) is 18.7 Å². The number of nitrogens with zero attached hydrogens (tertiary/aromatic N) is 2. The molecule has 0 amide bonds. The van der Waals surface area contributed by atoms with Gasteiger partial charge in [0.2, 0.25) is 0 Å². The molecule has 4 heterocycles. The van der Waals surface area contributed by atoms with Gasteiger partial charge in [0, 0.05) is 24.2 Å². The van der Waals surface area contributed by atoms with Crippen LogP contribution in [0.3, 0.4) is 0 Å². The predicted octanol–water partition coefficient (Wildman–Crippen LogP) is 3.60. The van der Waals surface area contributed by atoms with Crippen molar-refractivity contribution >= 4 is 23.3 Å². The minimum Gasteiger partial charge on any atom is -0.497 e. The number of aromatic nitrogens is 1. The first-order valence-corrected chi connectivity index (χ1v) is 8.68. The maximum Gasteiger partial charge on any atom is 0.119 e. The second kappa shape index (κ2) is 7.32. The highest BCUT2D eigenvalue weighted by Crippen LogP contribution is 2.42. The van der Waals surface area contributed by atoms with Crippen molar-refractivity contribution in [3.63, 3.8) is 0 Å². The van der Waals surface area contributed by atoms with E-state index in [9.17, 15) is 5.11 Å². The molecule has 2 aromatic rings. The number of halogens is 1. The van der Waals surface area contributed by atoms with Crippen molar-refractivity contribution in [3.05, 3.63) is 48.7 Å². The molecule has 3 aliphatic rings. The summed E-state index contributed by atoms with van der Waals surface area (Å²) in [5.41, 5.74) is 1.85. The van der Waals surface area contributed by atoms with Crippen LogP contribution in [0.25, 0.3) is 10.9 Å². The molecular formula is C20H25ClN2O2. The molecule has 0 radical (unpaired) electrons. The molecule has 0 aliphatic carbocycles. The van der Waals surface area contributed by atoms with Crippen LogP contribution in [-0.4, -0.2) is 41.2 Å². The first-order chi connectivity index (χ1) is 11.7. The van der Waals surface area contributed by atoms with Crippen molar-refractivity contribution in [2.45, 2.75) is 25.0 Å². The van der Waals surface area contributed by atoms with Gasteiger partial charge in [0.1, 0.15) is 5.75 Å². The summed E-state index contributed by atoms with van der Waals surface area (Å²) in [6.07, 6.45) is 5.62. The maximum absolute atomic E-state index is 11.2. The molecule has 3 aliphatic heterocycles. The molecule has 1 aromatic carbocycles. The number of aliphatic hydroxyl groups excluding tert-OH is 1. The van der Waals surface area contributed by atoms with Crippen LogP contribution in [0.15, 0.2) is 43.1 Å². The predicted molar refractivity (Wildman–Crippen MR) is 102 cm³/mol. The van der Waals surface area contributed by atoms with Gasteiger partial charge in [-0.25, -0.2) is 0 Å². The van der Waals surface area contributed by atoms with E-state index in [2.05, 4.69) is 22.5 Å². The average molecular weight is 361 g/mol. The SMILES string of the molecule is C=C[C@@H]1CN2CCC1C[C@H]2[C@@H](O)c1ccnc2ccc(OC)cc12.Cl. The molecule has 134 valence electrons. The van der Waals surface area contributed by atoms with Crippen LogP contribution in [0, 0.1) is 11.8 Å². The van der Waals surface area contributed by atoms with E-state index in [-0.39, 0.29) is 18.4 Å². The van der Waals surface area contributed by atoms with Crippen LogP contribution in [0.1, 0.15) is 24.5 Å². The largest absolute Gasteiger partial charge is 0.497 e. The van der Waals surface area contributed by atoms with Gasteiger partial charge in [-0.3, -0.25) is 9.88 Å². The van der Waals surface area contributed by atoms with E-state index < -0.39 is 6.10 Å². The smallest absolute Gasteiger partial charge is 0.119 e. The molecule has 1 N–H and O–H groups in total. The minimum absolute atomic E-state index is 0. The van der Waals surface area contributed by atoms with Crippen LogP contribution >= 0.6 is 12.4 Å². The quantitative estimate of drug-likeness (QED) is 0.846. The van der Waals surface area contributed by atoms with Gasteiger partial charge in [0.15, 0.2) is 0 Å². The van der Waals surface area contributed by atoms with Crippen molar-refractivity contribution in [2.24, 2.45) is 11.8 Å². The molecule has 5 heteroatoms. The molecule has 2 bridgehead atoms. The summed E-state index contributed by atoms with van der Waals surface area (Å²) in [6.45, 7) is 6.07. The zero-order chi connectivity index (χ0) is 16.7. The zero-order valence-electron chi connectivity index (χ0n) is 14.5. The number of benzene rings is 1. The van der Waals surface area contributed by atoms with Crippen LogP contribution in [0.2, 0.25) is 0 Å². The highest BCUT2D eigenvalue weighted by atomic mass is 35.5. The lowest BCUT2D eigenvalue weighted by atomic mass is 9.73. The first kappa shape index (κ1) is 18.2. The highest BCUT2D eigenvalue weighted by Gasteiger charge is 2.42. The molecule has 0 saturated carbocycles. The summed E-state index contributed by atoms with van der Waals surface area (Å²) in [5.74, 6) is 2.01. The molecule has 3 saturated heterocycles. The number of fused-ring (bicyclic) bond motifs is 4. The molecule has 2 unspecified atom stereocenters. The Labute approximate surface area is 154 Å². The topological polar surface area (TPSA) is 45.6 Å². The van der Waals surface area contributed by atoms with E-state index in [0.717, 1.165) is 41.7 Å². The van der Waals surface area contributed by atoms with Crippen molar-refractivity contribution in [1.82, 2.24) is 9.88 Å². The molecule has 4 nitrogen and oxygen atoms in total. The summed E-state index contributed by atoms with van der Waals surface area (Å²) in [4.78, 5) is 6.86. The Hall–Kier alpha value is -1.62. The number of pyridine rings is 1. The van der Waals surface area contributed by atoms with Crippen molar-refractivity contribution in [2.75, 3.05) is 20.2 Å². The van der Waals surface area contributed by atoms with E-state index in [1.165, 1.54) is 6.42 Å². The fraction of sp³-hybridized carbons (Fsp3) is 0.450. The normalized spacial score (nSPS) is 29.0. The second-order valence-corrected chi connectivity index (χ2v) is 6.97. The van der Waals surface area contributed by atoms with Gasteiger partial charge in [0.25, 0.3) is 0 Å². The third-order valence-electron chi connectivity index (χ3n) is 5.82. The van der Waals surface area contributed by atoms with Crippen LogP contribution < -0.4 is 4.74 Å². The summed E-state index contributed by atoms with van der Waals surface area (Å²) < 4.78 is 5.35. The van der Waals surface area contributed by atoms with Gasteiger partial charge >= 0.3 is 0 Å². The van der Waals surface area contributed by atoms with Crippen LogP contribution in [0.5, 0.6) is 5.75 Å².